The molecule has 1 saturated heterocycles. The van der Waals surface area contributed by atoms with Crippen molar-refractivity contribution in [2.75, 3.05) is 18.7 Å². The molecule has 2 amide bonds. The number of halogens is 1. The van der Waals surface area contributed by atoms with Gasteiger partial charge in [0.05, 0.1) is 10.6 Å². The maximum Gasteiger partial charge on any atom is 0.266 e. The summed E-state index contributed by atoms with van der Waals surface area (Å²) in [4.78, 5) is 26.9. The zero-order valence-corrected chi connectivity index (χ0v) is 18.5. The standard InChI is InChI=1S/C21H17ClN2O5S2/c22-13-4-5-15(25)14(10-13)23-19(26)2-1-7-24-20(27)18(31-21(24)30)9-12-3-6-16-17(8-12)29-11-28-16/h3-6,8-10,25H,1-2,7,11H2,(H,23,26). The van der Waals surface area contributed by atoms with E-state index >= 15 is 0 Å². The molecule has 4 rings (SSSR count). The fourth-order valence-corrected chi connectivity index (χ4v) is 4.55. The smallest absolute Gasteiger partial charge is 0.266 e. The van der Waals surface area contributed by atoms with Gasteiger partial charge in [0.1, 0.15) is 10.1 Å². The van der Waals surface area contributed by atoms with Gasteiger partial charge in [-0.05, 0) is 48.4 Å². The van der Waals surface area contributed by atoms with Crippen LogP contribution in [-0.4, -0.2) is 39.5 Å². The van der Waals surface area contributed by atoms with Crippen LogP contribution in [0.3, 0.4) is 0 Å². The van der Waals surface area contributed by atoms with Crippen LogP contribution in [0.5, 0.6) is 17.2 Å². The lowest BCUT2D eigenvalue weighted by atomic mass is 10.2. The van der Waals surface area contributed by atoms with E-state index in [1.54, 1.807) is 12.1 Å². The van der Waals surface area contributed by atoms with E-state index in [0.29, 0.717) is 38.7 Å². The van der Waals surface area contributed by atoms with Crippen molar-refractivity contribution in [1.82, 2.24) is 4.90 Å². The first-order valence-electron chi connectivity index (χ1n) is 9.34. The van der Waals surface area contributed by atoms with Gasteiger partial charge in [-0.3, -0.25) is 14.5 Å². The Balaban J connectivity index is 1.33. The first-order chi connectivity index (χ1) is 14.9. The van der Waals surface area contributed by atoms with Crippen molar-refractivity contribution in [3.63, 3.8) is 0 Å². The number of rotatable bonds is 6. The van der Waals surface area contributed by atoms with Crippen LogP contribution in [0.15, 0.2) is 41.3 Å². The quantitative estimate of drug-likeness (QED) is 0.363. The average molecular weight is 477 g/mol. The Labute approximate surface area is 193 Å². The zero-order valence-electron chi connectivity index (χ0n) is 16.1. The van der Waals surface area contributed by atoms with E-state index < -0.39 is 0 Å². The van der Waals surface area contributed by atoms with Gasteiger partial charge in [-0.25, -0.2) is 0 Å². The minimum Gasteiger partial charge on any atom is -0.506 e. The topological polar surface area (TPSA) is 88.1 Å². The lowest BCUT2D eigenvalue weighted by Gasteiger charge is -2.14. The SMILES string of the molecule is O=C(CCCN1C(=O)C(=Cc2ccc3c(c2)OCO3)SC1=S)Nc1cc(Cl)ccc1O. The molecule has 160 valence electrons. The molecule has 2 heterocycles. The van der Waals surface area contributed by atoms with E-state index in [9.17, 15) is 14.7 Å². The Morgan fingerprint density at radius 1 is 1.26 bits per heavy atom. The lowest BCUT2D eigenvalue weighted by molar-refractivity contribution is -0.122. The van der Waals surface area contributed by atoms with Crippen LogP contribution in [0.1, 0.15) is 18.4 Å². The molecule has 0 aliphatic carbocycles. The molecule has 0 saturated carbocycles. The number of benzene rings is 2. The first-order valence-corrected chi connectivity index (χ1v) is 10.9. The Morgan fingerprint density at radius 3 is 2.90 bits per heavy atom. The van der Waals surface area contributed by atoms with Crippen LogP contribution < -0.4 is 14.8 Å². The summed E-state index contributed by atoms with van der Waals surface area (Å²) in [6.07, 6.45) is 2.33. The van der Waals surface area contributed by atoms with Gasteiger partial charge in [-0.2, -0.15) is 0 Å². The molecular formula is C21H17ClN2O5S2. The van der Waals surface area contributed by atoms with Crippen molar-refractivity contribution in [1.29, 1.82) is 0 Å². The Bertz CT molecular complexity index is 1110. The monoisotopic (exact) mass is 476 g/mol. The molecule has 7 nitrogen and oxygen atoms in total. The van der Waals surface area contributed by atoms with Crippen LogP contribution in [-0.2, 0) is 9.59 Å². The summed E-state index contributed by atoms with van der Waals surface area (Å²) in [6, 6.07) is 9.85. The molecule has 31 heavy (non-hydrogen) atoms. The van der Waals surface area contributed by atoms with Gasteiger partial charge in [0.15, 0.2) is 11.5 Å². The summed E-state index contributed by atoms with van der Waals surface area (Å²) in [6.45, 7) is 0.503. The number of anilines is 1. The minimum absolute atomic E-state index is 0.0663. The van der Waals surface area contributed by atoms with Gasteiger partial charge in [0.25, 0.3) is 5.91 Å². The van der Waals surface area contributed by atoms with E-state index in [1.165, 1.54) is 34.9 Å². The Morgan fingerprint density at radius 2 is 2.06 bits per heavy atom. The van der Waals surface area contributed by atoms with Gasteiger partial charge < -0.3 is 19.9 Å². The lowest BCUT2D eigenvalue weighted by Crippen LogP contribution is -2.29. The minimum atomic E-state index is -0.293. The summed E-state index contributed by atoms with van der Waals surface area (Å²) < 4.78 is 11.1. The van der Waals surface area contributed by atoms with Crippen molar-refractivity contribution in [3.05, 3.63) is 51.9 Å². The van der Waals surface area contributed by atoms with Gasteiger partial charge in [-0.15, -0.1) is 0 Å². The highest BCUT2D eigenvalue weighted by molar-refractivity contribution is 8.26. The summed E-state index contributed by atoms with van der Waals surface area (Å²) in [5.41, 5.74) is 1.06. The molecule has 0 radical (unpaired) electrons. The van der Waals surface area contributed by atoms with E-state index in [0.717, 1.165) is 5.56 Å². The van der Waals surface area contributed by atoms with Crippen LogP contribution in [0.4, 0.5) is 5.69 Å². The number of hydrogen-bond donors (Lipinski definition) is 2. The number of hydrogen-bond acceptors (Lipinski definition) is 7. The molecule has 2 aliphatic heterocycles. The van der Waals surface area contributed by atoms with Crippen molar-refractivity contribution < 1.29 is 24.2 Å². The number of carbonyl (C=O) groups is 2. The number of phenolic OH excluding ortho intramolecular Hbond substituents is 1. The summed E-state index contributed by atoms with van der Waals surface area (Å²) in [5, 5.41) is 12.8. The number of fused-ring (bicyclic) bond motifs is 1. The van der Waals surface area contributed by atoms with Crippen molar-refractivity contribution in [3.8, 4) is 17.2 Å². The highest BCUT2D eigenvalue weighted by Gasteiger charge is 2.31. The highest BCUT2D eigenvalue weighted by atomic mass is 35.5. The van der Waals surface area contributed by atoms with Crippen LogP contribution in [0.25, 0.3) is 6.08 Å². The number of aromatic hydroxyl groups is 1. The molecule has 2 N–H and O–H groups in total. The largest absolute Gasteiger partial charge is 0.506 e. The van der Waals surface area contributed by atoms with Crippen LogP contribution in [0.2, 0.25) is 5.02 Å². The number of phenols is 1. The molecular weight excluding hydrogens is 460 g/mol. The van der Waals surface area contributed by atoms with E-state index in [4.69, 9.17) is 33.3 Å². The van der Waals surface area contributed by atoms with Crippen LogP contribution in [0, 0.1) is 0 Å². The molecule has 0 atom stereocenters. The summed E-state index contributed by atoms with van der Waals surface area (Å²) >= 11 is 12.4. The second-order valence-corrected chi connectivity index (χ2v) is 8.87. The molecule has 0 bridgehead atoms. The fourth-order valence-electron chi connectivity index (χ4n) is 3.07. The van der Waals surface area contributed by atoms with E-state index in [2.05, 4.69) is 5.32 Å². The van der Waals surface area contributed by atoms with Gasteiger partial charge in [-0.1, -0.05) is 41.6 Å². The average Bonchev–Trinajstić information content (AvgIpc) is 3.30. The fraction of sp³-hybridized carbons (Fsp3) is 0.190. The Kier molecular flexibility index (Phi) is 6.35. The van der Waals surface area contributed by atoms with E-state index in [1.807, 2.05) is 12.1 Å². The molecule has 1 fully saturated rings. The molecule has 2 aromatic carbocycles. The van der Waals surface area contributed by atoms with Crippen molar-refractivity contribution in [2.24, 2.45) is 0 Å². The number of nitrogens with zero attached hydrogens (tertiary/aromatic N) is 1. The maximum atomic E-state index is 12.7. The van der Waals surface area contributed by atoms with Gasteiger partial charge in [0, 0.05) is 18.0 Å². The third-order valence-corrected chi connectivity index (χ3v) is 6.20. The van der Waals surface area contributed by atoms with Crippen LogP contribution >= 0.6 is 35.6 Å². The van der Waals surface area contributed by atoms with E-state index in [-0.39, 0.29) is 36.5 Å². The Hall–Kier alpha value is -2.75. The van der Waals surface area contributed by atoms with Gasteiger partial charge >= 0.3 is 0 Å². The predicted octanol–water partition coefficient (Wildman–Crippen LogP) is 4.39. The zero-order chi connectivity index (χ0) is 22.0. The highest BCUT2D eigenvalue weighted by Crippen LogP contribution is 2.36. The third-order valence-electron chi connectivity index (χ3n) is 4.59. The molecule has 0 spiro atoms. The second kappa shape index (κ2) is 9.17. The first kappa shape index (κ1) is 21.5. The number of amides is 2. The number of nitrogens with one attached hydrogen (secondary N) is 1. The number of thiocarbonyl (C=S) groups is 1. The molecule has 10 heteroatoms. The molecule has 0 aromatic heterocycles. The molecule has 0 unspecified atom stereocenters. The maximum absolute atomic E-state index is 12.7. The second-order valence-electron chi connectivity index (χ2n) is 6.76. The van der Waals surface area contributed by atoms with Crippen molar-refractivity contribution >= 4 is 63.5 Å². The summed E-state index contributed by atoms with van der Waals surface area (Å²) in [7, 11) is 0. The molecule has 2 aromatic rings. The number of carbonyl (C=O) groups excluding carboxylic acids is 2. The number of thioether (sulfide) groups is 1. The molecule has 2 aliphatic rings. The van der Waals surface area contributed by atoms with Gasteiger partial charge in [0.2, 0.25) is 12.7 Å². The summed E-state index contributed by atoms with van der Waals surface area (Å²) in [5.74, 6) is 0.762. The normalized spacial score (nSPS) is 16.3. The van der Waals surface area contributed by atoms with Crippen molar-refractivity contribution in [2.45, 2.75) is 12.8 Å². The number of ether oxygens (including phenoxy) is 2. The third kappa shape index (κ3) is 4.95. The predicted molar refractivity (Wildman–Crippen MR) is 123 cm³/mol.